The lowest BCUT2D eigenvalue weighted by molar-refractivity contribution is -0.117. The maximum atomic E-state index is 12.6. The number of fused-ring (bicyclic) bond motifs is 1. The van der Waals surface area contributed by atoms with E-state index in [4.69, 9.17) is 4.74 Å². The van der Waals surface area contributed by atoms with Crippen LogP contribution in [0.2, 0.25) is 0 Å². The number of pyridine rings is 2. The summed E-state index contributed by atoms with van der Waals surface area (Å²) in [6, 6.07) is 20.9. The summed E-state index contributed by atoms with van der Waals surface area (Å²) in [6.07, 6.45) is 1.76. The topological polar surface area (TPSA) is 76.1 Å². The van der Waals surface area contributed by atoms with Gasteiger partial charge in [-0.25, -0.2) is 4.98 Å². The SMILES string of the molecule is CNC(C)C(=O)Nc1cc(-c2cccc3ncccc23)c(OC)c(C#Cc2ccccc2)n1. The molecule has 0 saturated carbocycles. The standard InChI is InChI=1S/C27H24N4O2/c1-18(28-2)27(32)31-25-17-22(20-11-7-13-23-21(20)12-8-16-29-23)26(33-3)24(30-25)15-14-19-9-5-4-6-10-19/h4-13,16-18,28H,1-3H3,(H,30,31,32). The molecular weight excluding hydrogens is 412 g/mol. The number of aromatic nitrogens is 2. The second-order valence-corrected chi connectivity index (χ2v) is 7.43. The zero-order valence-electron chi connectivity index (χ0n) is 18.7. The Bertz CT molecular complexity index is 1350. The molecule has 6 nitrogen and oxygen atoms in total. The molecular formula is C27H24N4O2. The van der Waals surface area contributed by atoms with Gasteiger partial charge in [-0.2, -0.15) is 0 Å². The van der Waals surface area contributed by atoms with Crippen LogP contribution >= 0.6 is 0 Å². The summed E-state index contributed by atoms with van der Waals surface area (Å²) < 4.78 is 5.79. The number of amides is 1. The Kier molecular flexibility index (Phi) is 6.63. The lowest BCUT2D eigenvalue weighted by atomic mass is 9.99. The van der Waals surface area contributed by atoms with Crippen molar-refractivity contribution in [3.8, 4) is 28.7 Å². The summed E-state index contributed by atoms with van der Waals surface area (Å²) in [5.41, 5.74) is 3.85. The molecule has 4 aromatic rings. The van der Waals surface area contributed by atoms with Crippen LogP contribution in [0.5, 0.6) is 5.75 Å². The van der Waals surface area contributed by atoms with Crippen LogP contribution in [0.3, 0.4) is 0 Å². The van der Waals surface area contributed by atoms with E-state index in [9.17, 15) is 4.79 Å². The molecule has 0 radical (unpaired) electrons. The van der Waals surface area contributed by atoms with Gasteiger partial charge in [0.05, 0.1) is 18.7 Å². The molecule has 1 atom stereocenters. The van der Waals surface area contributed by atoms with Crippen LogP contribution in [0, 0.1) is 11.8 Å². The summed E-state index contributed by atoms with van der Waals surface area (Å²) in [7, 11) is 3.33. The van der Waals surface area contributed by atoms with Crippen molar-refractivity contribution in [1.82, 2.24) is 15.3 Å². The first-order chi connectivity index (χ1) is 16.1. The molecule has 2 N–H and O–H groups in total. The molecule has 0 saturated heterocycles. The third kappa shape index (κ3) is 4.84. The molecule has 2 aromatic heterocycles. The average molecular weight is 437 g/mol. The molecule has 0 aliphatic carbocycles. The molecule has 1 unspecified atom stereocenters. The molecule has 1 amide bonds. The number of ether oxygens (including phenoxy) is 1. The lowest BCUT2D eigenvalue weighted by Gasteiger charge is -2.16. The normalized spacial score (nSPS) is 11.4. The maximum absolute atomic E-state index is 12.6. The van der Waals surface area contributed by atoms with Gasteiger partial charge in [0.25, 0.3) is 0 Å². The Balaban J connectivity index is 1.91. The van der Waals surface area contributed by atoms with Crippen LogP contribution in [0.4, 0.5) is 5.82 Å². The van der Waals surface area contributed by atoms with E-state index in [1.54, 1.807) is 27.3 Å². The first kappa shape index (κ1) is 22.0. The predicted octanol–water partition coefficient (Wildman–Crippen LogP) is 4.25. The molecule has 164 valence electrons. The van der Waals surface area contributed by atoms with Crippen LogP contribution in [-0.4, -0.2) is 36.1 Å². The zero-order valence-corrected chi connectivity index (χ0v) is 18.7. The van der Waals surface area contributed by atoms with Crippen LogP contribution in [-0.2, 0) is 4.79 Å². The number of nitrogens with zero attached hydrogens (tertiary/aromatic N) is 2. The largest absolute Gasteiger partial charge is 0.493 e. The fourth-order valence-corrected chi connectivity index (χ4v) is 3.45. The van der Waals surface area contributed by atoms with E-state index in [1.165, 1.54) is 0 Å². The van der Waals surface area contributed by atoms with Crippen LogP contribution in [0.1, 0.15) is 18.2 Å². The maximum Gasteiger partial charge on any atom is 0.242 e. The summed E-state index contributed by atoms with van der Waals surface area (Å²) in [6.45, 7) is 1.78. The molecule has 0 spiro atoms. The fourth-order valence-electron chi connectivity index (χ4n) is 3.45. The van der Waals surface area contributed by atoms with Gasteiger partial charge >= 0.3 is 0 Å². The zero-order chi connectivity index (χ0) is 23.2. The van der Waals surface area contributed by atoms with E-state index in [-0.39, 0.29) is 11.9 Å². The summed E-state index contributed by atoms with van der Waals surface area (Å²) >= 11 is 0. The number of rotatable bonds is 5. The minimum absolute atomic E-state index is 0.192. The summed E-state index contributed by atoms with van der Waals surface area (Å²) in [5.74, 6) is 7.01. The molecule has 0 aliphatic heterocycles. The first-order valence-corrected chi connectivity index (χ1v) is 10.6. The number of anilines is 1. The fraction of sp³-hybridized carbons (Fsp3) is 0.148. The second kappa shape index (κ2) is 9.94. The highest BCUT2D eigenvalue weighted by Crippen LogP contribution is 2.37. The minimum Gasteiger partial charge on any atom is -0.493 e. The molecule has 4 rings (SSSR count). The Morgan fingerprint density at radius 2 is 1.82 bits per heavy atom. The van der Waals surface area contributed by atoms with Gasteiger partial charge < -0.3 is 15.4 Å². The molecule has 6 heteroatoms. The van der Waals surface area contributed by atoms with Crippen LogP contribution < -0.4 is 15.4 Å². The van der Waals surface area contributed by atoms with Crippen LogP contribution in [0.15, 0.2) is 72.9 Å². The Morgan fingerprint density at radius 1 is 1.00 bits per heavy atom. The van der Waals surface area contributed by atoms with E-state index in [0.29, 0.717) is 17.3 Å². The number of nitrogens with one attached hydrogen (secondary N) is 2. The van der Waals surface area contributed by atoms with Crippen molar-refractivity contribution in [3.63, 3.8) is 0 Å². The van der Waals surface area contributed by atoms with E-state index >= 15 is 0 Å². The molecule has 0 fully saturated rings. The monoisotopic (exact) mass is 436 g/mol. The number of likely N-dealkylation sites (N-methyl/N-ethyl adjacent to an activating group) is 1. The average Bonchev–Trinajstić information content (AvgIpc) is 2.86. The van der Waals surface area contributed by atoms with Gasteiger partial charge in [-0.15, -0.1) is 0 Å². The Morgan fingerprint density at radius 3 is 2.58 bits per heavy atom. The van der Waals surface area contributed by atoms with E-state index in [2.05, 4.69) is 32.4 Å². The smallest absolute Gasteiger partial charge is 0.242 e. The summed E-state index contributed by atoms with van der Waals surface area (Å²) in [5, 5.41) is 6.79. The number of benzene rings is 2. The van der Waals surface area contributed by atoms with Gasteiger partial charge in [0.2, 0.25) is 5.91 Å². The van der Waals surface area contributed by atoms with Gasteiger partial charge in [-0.1, -0.05) is 42.3 Å². The number of hydrogen-bond donors (Lipinski definition) is 2. The van der Waals surface area contributed by atoms with E-state index in [0.717, 1.165) is 27.6 Å². The second-order valence-electron chi connectivity index (χ2n) is 7.43. The highest BCUT2D eigenvalue weighted by Gasteiger charge is 2.18. The number of methoxy groups -OCH3 is 1. The van der Waals surface area contributed by atoms with Crippen molar-refractivity contribution in [2.45, 2.75) is 13.0 Å². The quantitative estimate of drug-likeness (QED) is 0.458. The first-order valence-electron chi connectivity index (χ1n) is 10.6. The number of carbonyl (C=O) groups excluding carboxylic acids is 1. The summed E-state index contributed by atoms with van der Waals surface area (Å²) in [4.78, 5) is 21.6. The van der Waals surface area contributed by atoms with Crippen molar-refractivity contribution < 1.29 is 9.53 Å². The van der Waals surface area contributed by atoms with Crippen molar-refractivity contribution in [1.29, 1.82) is 0 Å². The lowest BCUT2D eigenvalue weighted by Crippen LogP contribution is -2.35. The Labute approximate surface area is 193 Å². The van der Waals surface area contributed by atoms with Gasteiger partial charge in [0.1, 0.15) is 5.82 Å². The molecule has 33 heavy (non-hydrogen) atoms. The molecule has 0 aliphatic rings. The van der Waals surface area contributed by atoms with Gasteiger partial charge in [-0.05, 0) is 55.8 Å². The number of carbonyl (C=O) groups is 1. The predicted molar refractivity (Wildman–Crippen MR) is 131 cm³/mol. The van der Waals surface area contributed by atoms with Gasteiger partial charge in [-0.3, -0.25) is 9.78 Å². The van der Waals surface area contributed by atoms with E-state index < -0.39 is 0 Å². The minimum atomic E-state index is -0.377. The highest BCUT2D eigenvalue weighted by molar-refractivity contribution is 5.99. The third-order valence-electron chi connectivity index (χ3n) is 5.29. The molecule has 2 aromatic carbocycles. The van der Waals surface area contributed by atoms with Crippen molar-refractivity contribution in [3.05, 3.63) is 84.2 Å². The van der Waals surface area contributed by atoms with Gasteiger partial charge in [0.15, 0.2) is 11.4 Å². The molecule has 0 bridgehead atoms. The van der Waals surface area contributed by atoms with E-state index in [1.807, 2.05) is 66.7 Å². The highest BCUT2D eigenvalue weighted by atomic mass is 16.5. The Hall–Kier alpha value is -4.21. The van der Waals surface area contributed by atoms with Gasteiger partial charge in [0, 0.05) is 22.7 Å². The van der Waals surface area contributed by atoms with Crippen molar-refractivity contribution in [2.75, 3.05) is 19.5 Å². The number of hydrogen-bond acceptors (Lipinski definition) is 5. The van der Waals surface area contributed by atoms with Crippen molar-refractivity contribution in [2.24, 2.45) is 0 Å². The third-order valence-corrected chi connectivity index (χ3v) is 5.29. The van der Waals surface area contributed by atoms with Crippen LogP contribution in [0.25, 0.3) is 22.0 Å². The molecule has 2 heterocycles. The van der Waals surface area contributed by atoms with Crippen molar-refractivity contribution >= 4 is 22.6 Å².